The maximum absolute atomic E-state index is 13.7. The van der Waals surface area contributed by atoms with E-state index in [1.165, 1.54) is 12.3 Å². The predicted molar refractivity (Wildman–Crippen MR) is 102 cm³/mol. The van der Waals surface area contributed by atoms with Crippen molar-refractivity contribution < 1.29 is 23.0 Å². The number of pyridine rings is 2. The maximum Gasteiger partial charge on any atom is 0.418 e. The molecule has 1 atom stereocenters. The van der Waals surface area contributed by atoms with Gasteiger partial charge in [-0.25, -0.2) is 9.97 Å². The lowest BCUT2D eigenvalue weighted by Crippen LogP contribution is -2.69. The van der Waals surface area contributed by atoms with Gasteiger partial charge in [-0.1, -0.05) is 0 Å². The molecule has 0 saturated carbocycles. The normalized spacial score (nSPS) is 21.6. The van der Waals surface area contributed by atoms with Crippen LogP contribution in [0.5, 0.6) is 0 Å². The lowest BCUT2D eigenvalue weighted by molar-refractivity contribution is -0.194. The van der Waals surface area contributed by atoms with Crippen LogP contribution in [0.25, 0.3) is 22.4 Å². The van der Waals surface area contributed by atoms with Gasteiger partial charge in [0, 0.05) is 31.2 Å². The summed E-state index contributed by atoms with van der Waals surface area (Å²) in [5, 5.41) is 21.0. The fourth-order valence-corrected chi connectivity index (χ4v) is 3.91. The second-order valence-corrected chi connectivity index (χ2v) is 7.59. The second-order valence-electron chi connectivity index (χ2n) is 7.59. The third kappa shape index (κ3) is 3.18. The molecule has 3 aromatic rings. The van der Waals surface area contributed by atoms with Gasteiger partial charge in [0.25, 0.3) is 0 Å². The summed E-state index contributed by atoms with van der Waals surface area (Å²) in [6, 6.07) is 5.44. The summed E-state index contributed by atoms with van der Waals surface area (Å²) >= 11 is 0. The van der Waals surface area contributed by atoms with E-state index in [1.54, 1.807) is 12.1 Å². The van der Waals surface area contributed by atoms with Gasteiger partial charge in [0.15, 0.2) is 5.65 Å². The van der Waals surface area contributed by atoms with Crippen molar-refractivity contribution in [3.8, 4) is 11.4 Å². The first-order valence-corrected chi connectivity index (χ1v) is 9.51. The minimum absolute atomic E-state index is 0.171. The van der Waals surface area contributed by atoms with Gasteiger partial charge in [-0.05, 0) is 24.3 Å². The number of ether oxygens (including phenoxy) is 1. The van der Waals surface area contributed by atoms with Crippen LogP contribution in [0.2, 0.25) is 0 Å². The highest BCUT2D eigenvalue weighted by Crippen LogP contribution is 2.38. The van der Waals surface area contributed by atoms with E-state index in [0.717, 1.165) is 6.07 Å². The third-order valence-corrected chi connectivity index (χ3v) is 5.60. The largest absolute Gasteiger partial charge is 0.418 e. The monoisotopic (exact) mass is 420 g/mol. The number of rotatable bonds is 3. The maximum atomic E-state index is 13.7. The van der Waals surface area contributed by atoms with Gasteiger partial charge in [0.1, 0.15) is 17.1 Å². The number of piperazine rings is 1. The lowest BCUT2D eigenvalue weighted by atomic mass is 9.90. The van der Waals surface area contributed by atoms with Gasteiger partial charge in [0.05, 0.1) is 30.5 Å². The van der Waals surface area contributed by atoms with Crippen molar-refractivity contribution in [3.63, 3.8) is 0 Å². The summed E-state index contributed by atoms with van der Waals surface area (Å²) in [6.07, 6.45) is -3.05. The van der Waals surface area contributed by atoms with E-state index in [0.29, 0.717) is 36.5 Å². The number of H-pyrrole nitrogens is 1. The van der Waals surface area contributed by atoms with E-state index < -0.39 is 17.3 Å². The van der Waals surface area contributed by atoms with E-state index in [4.69, 9.17) is 4.74 Å². The van der Waals surface area contributed by atoms with Crippen LogP contribution in [-0.2, 0) is 10.9 Å². The van der Waals surface area contributed by atoms with Crippen molar-refractivity contribution in [2.45, 2.75) is 17.8 Å². The molecule has 8 nitrogen and oxygen atoms in total. The summed E-state index contributed by atoms with van der Waals surface area (Å²) in [6.45, 7) is 2.00. The molecule has 158 valence electrons. The van der Waals surface area contributed by atoms with Gasteiger partial charge >= 0.3 is 6.18 Å². The number of aliphatic hydroxyl groups is 1. The molecule has 2 saturated heterocycles. The molecule has 1 unspecified atom stereocenters. The number of hydrogen-bond acceptors (Lipinski definition) is 7. The summed E-state index contributed by atoms with van der Waals surface area (Å²) in [5.41, 5.74) is -1.56. The highest BCUT2D eigenvalue weighted by Gasteiger charge is 2.46. The minimum atomic E-state index is -4.58. The molecular weight excluding hydrogens is 401 g/mol. The number of anilines is 1. The molecule has 5 rings (SSSR count). The molecule has 11 heteroatoms. The fraction of sp³-hybridized carbons (Fsp3) is 0.421. The standard InChI is InChI=1S/C19H19F3N6O2/c20-19(21,22)12-3-4-14(28-7-6-23-13(8-28)18(29)9-30-10-18)25-16(12)15-11-2-1-5-24-17(11)27-26-15/h1-5,13,23,29H,6-10H2,(H,24,26,27). The molecule has 30 heavy (non-hydrogen) atoms. The van der Waals surface area contributed by atoms with Crippen molar-refractivity contribution in [1.29, 1.82) is 0 Å². The zero-order valence-electron chi connectivity index (χ0n) is 15.8. The zero-order valence-corrected chi connectivity index (χ0v) is 15.8. The van der Waals surface area contributed by atoms with Crippen LogP contribution in [0.15, 0.2) is 30.5 Å². The van der Waals surface area contributed by atoms with Crippen molar-refractivity contribution >= 4 is 16.9 Å². The van der Waals surface area contributed by atoms with Crippen molar-refractivity contribution in [2.75, 3.05) is 37.7 Å². The molecule has 0 aromatic carbocycles. The van der Waals surface area contributed by atoms with E-state index in [1.807, 2.05) is 4.90 Å². The minimum Gasteiger partial charge on any atom is -0.383 e. The zero-order chi connectivity index (χ0) is 20.9. The summed E-state index contributed by atoms with van der Waals surface area (Å²) < 4.78 is 46.3. The molecule has 0 spiro atoms. The Balaban J connectivity index is 1.55. The van der Waals surface area contributed by atoms with Crippen molar-refractivity contribution in [1.82, 2.24) is 25.5 Å². The van der Waals surface area contributed by atoms with Crippen molar-refractivity contribution in [2.24, 2.45) is 0 Å². The first-order chi connectivity index (χ1) is 14.4. The van der Waals surface area contributed by atoms with E-state index >= 15 is 0 Å². The average Bonchev–Trinajstić information content (AvgIpc) is 3.15. The molecule has 0 radical (unpaired) electrons. The molecule has 0 amide bonds. The van der Waals surface area contributed by atoms with Crippen LogP contribution in [0.3, 0.4) is 0 Å². The Bertz CT molecular complexity index is 1080. The molecule has 2 aliphatic rings. The van der Waals surface area contributed by atoms with Crippen LogP contribution >= 0.6 is 0 Å². The highest BCUT2D eigenvalue weighted by atomic mass is 19.4. The fourth-order valence-electron chi connectivity index (χ4n) is 3.91. The Morgan fingerprint density at radius 2 is 2.07 bits per heavy atom. The Hall–Kier alpha value is -2.76. The average molecular weight is 420 g/mol. The molecule has 3 aromatic heterocycles. The highest BCUT2D eigenvalue weighted by molar-refractivity contribution is 5.90. The SMILES string of the molecule is OC1(C2CN(c3ccc(C(F)(F)F)c(-c4[nH]nc5ncccc45)n3)CCN2)COC1. The Morgan fingerprint density at radius 1 is 1.23 bits per heavy atom. The van der Waals surface area contributed by atoms with Gasteiger partial charge in [-0.2, -0.15) is 18.3 Å². The van der Waals surface area contributed by atoms with Crippen LogP contribution < -0.4 is 10.2 Å². The Labute approximate surface area is 169 Å². The molecule has 3 N–H and O–H groups in total. The molecule has 0 bridgehead atoms. The topological polar surface area (TPSA) is 99.2 Å². The molecule has 2 aliphatic heterocycles. The van der Waals surface area contributed by atoms with Gasteiger partial charge < -0.3 is 20.1 Å². The number of aromatic amines is 1. The van der Waals surface area contributed by atoms with Crippen LogP contribution in [0.4, 0.5) is 19.0 Å². The summed E-state index contributed by atoms with van der Waals surface area (Å²) in [5.74, 6) is 0.403. The van der Waals surface area contributed by atoms with Gasteiger partial charge in [-0.3, -0.25) is 5.10 Å². The number of nitrogens with one attached hydrogen (secondary N) is 2. The third-order valence-electron chi connectivity index (χ3n) is 5.60. The predicted octanol–water partition coefficient (Wildman–Crippen LogP) is 1.58. The lowest BCUT2D eigenvalue weighted by Gasteiger charge is -2.47. The van der Waals surface area contributed by atoms with Gasteiger partial charge in [0.2, 0.25) is 0 Å². The van der Waals surface area contributed by atoms with Crippen LogP contribution in [0.1, 0.15) is 5.56 Å². The molecule has 5 heterocycles. The smallest absolute Gasteiger partial charge is 0.383 e. The van der Waals surface area contributed by atoms with Gasteiger partial charge in [-0.15, -0.1) is 0 Å². The second kappa shape index (κ2) is 6.89. The summed E-state index contributed by atoms with van der Waals surface area (Å²) in [4.78, 5) is 10.3. The van der Waals surface area contributed by atoms with Crippen LogP contribution in [0, 0.1) is 0 Å². The molecular formula is C19H19F3N6O2. The number of alkyl halides is 3. The number of halogens is 3. The first kappa shape index (κ1) is 19.2. The van der Waals surface area contributed by atoms with E-state index in [9.17, 15) is 18.3 Å². The van der Waals surface area contributed by atoms with E-state index in [-0.39, 0.29) is 30.6 Å². The van der Waals surface area contributed by atoms with Crippen LogP contribution in [-0.4, -0.2) is 69.8 Å². The Kier molecular flexibility index (Phi) is 4.42. The Morgan fingerprint density at radius 3 is 2.80 bits per heavy atom. The molecule has 0 aliphatic carbocycles. The number of nitrogens with zero attached hydrogens (tertiary/aromatic N) is 4. The summed E-state index contributed by atoms with van der Waals surface area (Å²) in [7, 11) is 0. The van der Waals surface area contributed by atoms with E-state index in [2.05, 4.69) is 25.5 Å². The molecule has 2 fully saturated rings. The number of hydrogen-bond donors (Lipinski definition) is 3. The quantitative estimate of drug-likeness (QED) is 0.592. The number of aromatic nitrogens is 4. The van der Waals surface area contributed by atoms with Crippen molar-refractivity contribution in [3.05, 3.63) is 36.0 Å². The number of fused-ring (bicyclic) bond motifs is 1. The first-order valence-electron chi connectivity index (χ1n) is 9.51.